The highest BCUT2D eigenvalue weighted by Crippen LogP contribution is 2.29. The summed E-state index contributed by atoms with van der Waals surface area (Å²) in [7, 11) is 0. The van der Waals surface area contributed by atoms with Crippen LogP contribution >= 0.6 is 0 Å². The molecule has 1 atom stereocenters. The Labute approximate surface area is 117 Å². The first-order valence-corrected chi connectivity index (χ1v) is 6.88. The van der Waals surface area contributed by atoms with Gasteiger partial charge in [0, 0.05) is 18.0 Å². The van der Waals surface area contributed by atoms with E-state index in [9.17, 15) is 13.6 Å². The molecule has 0 radical (unpaired) electrons. The lowest BCUT2D eigenvalue weighted by Crippen LogP contribution is -2.36. The lowest BCUT2D eigenvalue weighted by atomic mass is 9.92. The number of aliphatic carboxylic acids is 1. The van der Waals surface area contributed by atoms with Gasteiger partial charge in [-0.1, -0.05) is 0 Å². The minimum atomic E-state index is -0.771. The molecule has 3 nitrogen and oxygen atoms in total. The van der Waals surface area contributed by atoms with Crippen LogP contribution in [0.15, 0.2) is 18.2 Å². The third kappa shape index (κ3) is 3.54. The highest BCUT2D eigenvalue weighted by atomic mass is 19.1. The average Bonchev–Trinajstić information content (AvgIpc) is 2.41. The second-order valence-corrected chi connectivity index (χ2v) is 5.42. The van der Waals surface area contributed by atoms with Gasteiger partial charge in [-0.15, -0.1) is 0 Å². The van der Waals surface area contributed by atoms with Crippen LogP contribution < -0.4 is 0 Å². The first kappa shape index (κ1) is 14.9. The van der Waals surface area contributed by atoms with E-state index in [0.29, 0.717) is 5.56 Å². The monoisotopic (exact) mass is 283 g/mol. The number of piperidine rings is 1. The summed E-state index contributed by atoms with van der Waals surface area (Å²) in [6.45, 7) is 3.29. The van der Waals surface area contributed by atoms with E-state index in [4.69, 9.17) is 5.11 Å². The summed E-state index contributed by atoms with van der Waals surface area (Å²) >= 11 is 0. The molecule has 1 N–H and O–H groups in total. The summed E-state index contributed by atoms with van der Waals surface area (Å²) in [4.78, 5) is 12.8. The molecule has 0 aliphatic carbocycles. The maximum atomic E-state index is 13.8. The first-order chi connectivity index (χ1) is 9.47. The molecular formula is C15H19F2NO2. The minimum absolute atomic E-state index is 0.188. The van der Waals surface area contributed by atoms with Crippen LogP contribution in [0.3, 0.4) is 0 Å². The zero-order valence-corrected chi connectivity index (χ0v) is 11.5. The summed E-state index contributed by atoms with van der Waals surface area (Å²) in [5, 5.41) is 8.78. The van der Waals surface area contributed by atoms with E-state index >= 15 is 0 Å². The third-order valence-electron chi connectivity index (χ3n) is 4.07. The topological polar surface area (TPSA) is 40.5 Å². The number of rotatable bonds is 4. The first-order valence-electron chi connectivity index (χ1n) is 6.88. The van der Waals surface area contributed by atoms with Gasteiger partial charge in [0.25, 0.3) is 0 Å². The Bertz CT molecular complexity index is 485. The number of carbonyl (C=O) groups is 1. The Hall–Kier alpha value is -1.49. The van der Waals surface area contributed by atoms with Crippen molar-refractivity contribution in [2.75, 3.05) is 13.1 Å². The van der Waals surface area contributed by atoms with E-state index in [-0.39, 0.29) is 18.4 Å². The normalized spacial score (nSPS) is 18.9. The van der Waals surface area contributed by atoms with E-state index in [1.54, 1.807) is 0 Å². The number of benzene rings is 1. The molecule has 110 valence electrons. The second-order valence-electron chi connectivity index (χ2n) is 5.42. The standard InChI is InChI=1S/C15H19F2NO2/c1-10(13-9-12(16)2-3-14(13)17)18-6-4-11(5-7-18)8-15(19)20/h2-3,9-11H,4-8H2,1H3,(H,19,20). The maximum Gasteiger partial charge on any atom is 0.303 e. The van der Waals surface area contributed by atoms with E-state index < -0.39 is 17.6 Å². The Morgan fingerprint density at radius 3 is 2.65 bits per heavy atom. The molecule has 0 aromatic heterocycles. The molecule has 5 heteroatoms. The zero-order valence-electron chi connectivity index (χ0n) is 11.5. The Balaban J connectivity index is 1.99. The van der Waals surface area contributed by atoms with Crippen molar-refractivity contribution in [2.45, 2.75) is 32.2 Å². The van der Waals surface area contributed by atoms with Crippen LogP contribution in [-0.2, 0) is 4.79 Å². The molecule has 20 heavy (non-hydrogen) atoms. The van der Waals surface area contributed by atoms with Crippen molar-refractivity contribution < 1.29 is 18.7 Å². The highest BCUT2D eigenvalue weighted by molar-refractivity contribution is 5.67. The Morgan fingerprint density at radius 2 is 2.05 bits per heavy atom. The van der Waals surface area contributed by atoms with E-state index in [1.165, 1.54) is 6.07 Å². The maximum absolute atomic E-state index is 13.8. The van der Waals surface area contributed by atoms with Gasteiger partial charge in [0.2, 0.25) is 0 Å². The number of likely N-dealkylation sites (tertiary alicyclic amines) is 1. The average molecular weight is 283 g/mol. The van der Waals surface area contributed by atoms with Gasteiger partial charge in [-0.25, -0.2) is 8.78 Å². The van der Waals surface area contributed by atoms with Gasteiger partial charge < -0.3 is 5.11 Å². The van der Waals surface area contributed by atoms with Crippen molar-refractivity contribution >= 4 is 5.97 Å². The molecule has 0 amide bonds. The van der Waals surface area contributed by atoms with Gasteiger partial charge in [-0.2, -0.15) is 0 Å². The number of nitrogens with zero attached hydrogens (tertiary/aromatic N) is 1. The van der Waals surface area contributed by atoms with Gasteiger partial charge in [0.15, 0.2) is 0 Å². The van der Waals surface area contributed by atoms with Crippen LogP contribution in [0, 0.1) is 17.6 Å². The molecule has 1 fully saturated rings. The minimum Gasteiger partial charge on any atom is -0.481 e. The van der Waals surface area contributed by atoms with Gasteiger partial charge in [0.05, 0.1) is 0 Å². The molecule has 1 aromatic rings. The number of halogens is 2. The highest BCUT2D eigenvalue weighted by Gasteiger charge is 2.26. The molecule has 0 spiro atoms. The number of hydrogen-bond donors (Lipinski definition) is 1. The lowest BCUT2D eigenvalue weighted by Gasteiger charge is -2.36. The largest absolute Gasteiger partial charge is 0.481 e. The van der Waals surface area contributed by atoms with Crippen molar-refractivity contribution in [3.05, 3.63) is 35.4 Å². The number of carboxylic acid groups (broad SMARTS) is 1. The van der Waals surface area contributed by atoms with Crippen molar-refractivity contribution in [3.8, 4) is 0 Å². The van der Waals surface area contributed by atoms with Crippen LogP contribution in [0.2, 0.25) is 0 Å². The molecule has 1 saturated heterocycles. The SMILES string of the molecule is CC(c1cc(F)ccc1F)N1CCC(CC(=O)O)CC1. The van der Waals surface area contributed by atoms with Crippen LogP contribution in [0.4, 0.5) is 8.78 Å². The predicted octanol–water partition coefficient (Wildman–Crippen LogP) is 3.21. The summed E-state index contributed by atoms with van der Waals surface area (Å²) in [5.41, 5.74) is 0.363. The smallest absolute Gasteiger partial charge is 0.303 e. The molecule has 1 aromatic carbocycles. The molecule has 1 heterocycles. The lowest BCUT2D eigenvalue weighted by molar-refractivity contribution is -0.138. The Kier molecular flexibility index (Phi) is 4.70. The molecule has 2 rings (SSSR count). The molecule has 1 unspecified atom stereocenters. The predicted molar refractivity (Wildman–Crippen MR) is 71.3 cm³/mol. The summed E-state index contributed by atoms with van der Waals surface area (Å²) in [6, 6.07) is 3.31. The van der Waals surface area contributed by atoms with Crippen LogP contribution in [-0.4, -0.2) is 29.1 Å². The summed E-state index contributed by atoms with van der Waals surface area (Å²) in [6.07, 6.45) is 1.76. The molecule has 0 bridgehead atoms. The fraction of sp³-hybridized carbons (Fsp3) is 0.533. The number of hydrogen-bond acceptors (Lipinski definition) is 2. The van der Waals surface area contributed by atoms with Crippen molar-refractivity contribution in [1.82, 2.24) is 4.90 Å². The summed E-state index contributed by atoms with van der Waals surface area (Å²) < 4.78 is 27.0. The second kappa shape index (κ2) is 6.31. The summed E-state index contributed by atoms with van der Waals surface area (Å²) in [5.74, 6) is -1.42. The molecule has 1 aliphatic heterocycles. The molecule has 1 aliphatic rings. The van der Waals surface area contributed by atoms with Crippen molar-refractivity contribution in [1.29, 1.82) is 0 Å². The number of carboxylic acids is 1. The van der Waals surface area contributed by atoms with Crippen molar-refractivity contribution in [2.24, 2.45) is 5.92 Å². The van der Waals surface area contributed by atoms with Gasteiger partial charge in [-0.05, 0) is 57.0 Å². The fourth-order valence-corrected chi connectivity index (χ4v) is 2.82. The van der Waals surface area contributed by atoms with Crippen LogP contribution in [0.25, 0.3) is 0 Å². The van der Waals surface area contributed by atoms with Gasteiger partial charge in [-0.3, -0.25) is 9.69 Å². The van der Waals surface area contributed by atoms with Crippen LogP contribution in [0.1, 0.15) is 37.8 Å². The van der Waals surface area contributed by atoms with Crippen LogP contribution in [0.5, 0.6) is 0 Å². The third-order valence-corrected chi connectivity index (χ3v) is 4.07. The quantitative estimate of drug-likeness (QED) is 0.922. The molecular weight excluding hydrogens is 264 g/mol. The van der Waals surface area contributed by atoms with E-state index in [0.717, 1.165) is 38.1 Å². The fourth-order valence-electron chi connectivity index (χ4n) is 2.82. The van der Waals surface area contributed by atoms with Gasteiger partial charge in [0.1, 0.15) is 11.6 Å². The van der Waals surface area contributed by atoms with E-state index in [1.807, 2.05) is 6.92 Å². The Morgan fingerprint density at radius 1 is 1.40 bits per heavy atom. The van der Waals surface area contributed by atoms with Gasteiger partial charge >= 0.3 is 5.97 Å². The zero-order chi connectivity index (χ0) is 14.7. The molecule has 0 saturated carbocycles. The van der Waals surface area contributed by atoms with E-state index in [2.05, 4.69) is 4.90 Å². The van der Waals surface area contributed by atoms with Crippen molar-refractivity contribution in [3.63, 3.8) is 0 Å².